The Bertz CT molecular complexity index is 1570. The van der Waals surface area contributed by atoms with Crippen LogP contribution in [0.3, 0.4) is 0 Å². The quantitative estimate of drug-likeness (QED) is 0.311. The molecular weight excluding hydrogens is 558 g/mol. The lowest BCUT2D eigenvalue weighted by Gasteiger charge is -2.60. The Balaban J connectivity index is 1.04. The summed E-state index contributed by atoms with van der Waals surface area (Å²) in [7, 11) is 0. The summed E-state index contributed by atoms with van der Waals surface area (Å²) in [6.07, 6.45) is 14.9. The van der Waals surface area contributed by atoms with Crippen LogP contribution in [0, 0.1) is 28.6 Å². The van der Waals surface area contributed by atoms with Gasteiger partial charge in [-0.3, -0.25) is 9.48 Å². The molecule has 0 saturated heterocycles. The minimum absolute atomic E-state index is 0.105. The van der Waals surface area contributed by atoms with Crippen molar-refractivity contribution < 1.29 is 19.4 Å². The van der Waals surface area contributed by atoms with Crippen LogP contribution >= 0.6 is 11.8 Å². The molecule has 2 heterocycles. The Kier molecular flexibility index (Phi) is 6.56. The van der Waals surface area contributed by atoms with Gasteiger partial charge in [-0.1, -0.05) is 62.6 Å². The molecule has 5 aliphatic carbocycles. The monoisotopic (exact) mass is 601 g/mol. The van der Waals surface area contributed by atoms with Crippen LogP contribution in [-0.2, 0) is 11.2 Å². The number of carbonyl (C=O) groups is 1. The Morgan fingerprint density at radius 2 is 1.95 bits per heavy atom. The molecule has 0 amide bonds. The van der Waals surface area contributed by atoms with Crippen molar-refractivity contribution in [2.24, 2.45) is 28.6 Å². The standard InChI is InChI=1S/C35H43N3O4S/c1-33-17-21-19-36-38(23-8-4-3-5-9-23)27(21)16-22(33)12-13-24-25-14-15-35(41,34(25,2)18-28(39)31(24)33)30(40)20-43-32-37-26-10-6-7-11-29(26)42-32/h6-7,10-11,16,19,23-25,28,31,39,41H,3-5,8-9,12-15,17-18,20H2,1-2H3. The third-order valence-corrected chi connectivity index (χ3v) is 13.4. The van der Waals surface area contributed by atoms with Gasteiger partial charge in [-0.15, -0.1) is 0 Å². The predicted octanol–water partition coefficient (Wildman–Crippen LogP) is 6.77. The van der Waals surface area contributed by atoms with Crippen molar-refractivity contribution in [1.82, 2.24) is 14.8 Å². The van der Waals surface area contributed by atoms with Crippen LogP contribution in [0.15, 0.2) is 45.7 Å². The van der Waals surface area contributed by atoms with E-state index in [1.807, 2.05) is 24.3 Å². The normalized spacial score (nSPS) is 37.3. The SMILES string of the molecule is CC12Cc3cnn(C4CCCCC4)c3C=C1CCC1C2C(O)CC2(C)C1CCC2(O)C(=O)CSc1nc2ccccc2o1. The second-order valence-electron chi connectivity index (χ2n) is 14.6. The van der Waals surface area contributed by atoms with E-state index in [0.717, 1.165) is 31.2 Å². The number of aromatic nitrogens is 3. The molecule has 2 N–H and O–H groups in total. The van der Waals surface area contributed by atoms with E-state index in [0.29, 0.717) is 29.7 Å². The van der Waals surface area contributed by atoms with Crippen molar-refractivity contribution in [3.63, 3.8) is 0 Å². The summed E-state index contributed by atoms with van der Waals surface area (Å²) in [5.74, 6) is 0.527. The van der Waals surface area contributed by atoms with Crippen molar-refractivity contribution in [1.29, 1.82) is 0 Å². The molecule has 5 aliphatic rings. The number of ketones is 1. The highest BCUT2D eigenvalue weighted by atomic mass is 32.2. The molecule has 43 heavy (non-hydrogen) atoms. The molecular formula is C35H43N3O4S. The molecule has 0 radical (unpaired) electrons. The zero-order valence-electron chi connectivity index (χ0n) is 25.3. The van der Waals surface area contributed by atoms with Crippen LogP contribution in [-0.4, -0.2) is 48.2 Å². The first-order valence-electron chi connectivity index (χ1n) is 16.4. The Morgan fingerprint density at radius 3 is 2.77 bits per heavy atom. The molecule has 0 spiro atoms. The summed E-state index contributed by atoms with van der Waals surface area (Å²) in [5, 5.41) is 29.5. The van der Waals surface area contributed by atoms with Crippen molar-refractivity contribution in [3.8, 4) is 0 Å². The third kappa shape index (κ3) is 4.11. The fraction of sp³-hybridized carbons (Fsp3) is 0.629. The Morgan fingerprint density at radius 1 is 1.14 bits per heavy atom. The predicted molar refractivity (Wildman–Crippen MR) is 166 cm³/mol. The fourth-order valence-corrected chi connectivity index (χ4v) is 11.2. The van der Waals surface area contributed by atoms with E-state index >= 15 is 0 Å². The topological polar surface area (TPSA) is 101 Å². The molecule has 0 bridgehead atoms. The highest BCUT2D eigenvalue weighted by molar-refractivity contribution is 7.99. The van der Waals surface area contributed by atoms with Gasteiger partial charge >= 0.3 is 0 Å². The molecule has 4 fully saturated rings. The summed E-state index contributed by atoms with van der Waals surface area (Å²) < 4.78 is 8.13. The van der Waals surface area contributed by atoms with E-state index < -0.39 is 17.1 Å². The maximum Gasteiger partial charge on any atom is 0.257 e. The van der Waals surface area contributed by atoms with Crippen molar-refractivity contribution in [3.05, 3.63) is 47.3 Å². The van der Waals surface area contributed by atoms with Crippen molar-refractivity contribution >= 4 is 34.7 Å². The molecule has 1 aromatic carbocycles. The number of nitrogens with zero attached hydrogens (tertiary/aromatic N) is 3. The average molecular weight is 602 g/mol. The number of hydrogen-bond acceptors (Lipinski definition) is 7. The lowest BCUT2D eigenvalue weighted by atomic mass is 9.45. The number of aliphatic hydroxyl groups is 2. The van der Waals surface area contributed by atoms with Crippen LogP contribution in [0.25, 0.3) is 17.2 Å². The Labute approximate surface area is 257 Å². The summed E-state index contributed by atoms with van der Waals surface area (Å²) >= 11 is 1.26. The number of aliphatic hydroxyl groups excluding tert-OH is 1. The zero-order valence-corrected chi connectivity index (χ0v) is 26.1. The number of hydrogen-bond donors (Lipinski definition) is 2. The number of thioether (sulfide) groups is 1. The maximum absolute atomic E-state index is 13.8. The molecule has 2 aromatic heterocycles. The van der Waals surface area contributed by atoms with Crippen LogP contribution in [0.2, 0.25) is 0 Å². The molecule has 3 aromatic rings. The lowest BCUT2D eigenvalue weighted by molar-refractivity contribution is -0.177. The first-order chi connectivity index (χ1) is 20.7. The minimum atomic E-state index is -1.46. The van der Waals surface area contributed by atoms with E-state index in [1.165, 1.54) is 60.7 Å². The van der Waals surface area contributed by atoms with Crippen molar-refractivity contribution in [2.45, 2.75) is 107 Å². The lowest BCUT2D eigenvalue weighted by Crippen LogP contribution is -2.62. The van der Waals surface area contributed by atoms with Gasteiger partial charge in [-0.25, -0.2) is 4.98 Å². The molecule has 4 saturated carbocycles. The molecule has 0 aliphatic heterocycles. The van der Waals surface area contributed by atoms with Crippen LogP contribution in [0.5, 0.6) is 0 Å². The van der Waals surface area contributed by atoms with Crippen LogP contribution in [0.1, 0.15) is 95.4 Å². The van der Waals surface area contributed by atoms with Gasteiger partial charge in [-0.2, -0.15) is 5.10 Å². The number of carbonyl (C=O) groups excluding carboxylic acids is 1. The van der Waals surface area contributed by atoms with E-state index in [9.17, 15) is 15.0 Å². The van der Waals surface area contributed by atoms with Gasteiger partial charge in [-0.05, 0) is 98.3 Å². The molecule has 228 valence electrons. The molecule has 7 unspecified atom stereocenters. The number of oxazole rings is 1. The maximum atomic E-state index is 13.8. The summed E-state index contributed by atoms with van der Waals surface area (Å²) in [5.41, 5.74) is 3.28. The van der Waals surface area contributed by atoms with Gasteiger partial charge in [0.1, 0.15) is 11.1 Å². The minimum Gasteiger partial charge on any atom is -0.431 e. The molecule has 8 rings (SSSR count). The van der Waals surface area contributed by atoms with Crippen LogP contribution < -0.4 is 0 Å². The van der Waals surface area contributed by atoms with E-state index in [1.54, 1.807) is 0 Å². The highest BCUT2D eigenvalue weighted by Crippen LogP contribution is 2.67. The average Bonchev–Trinajstić information content (AvgIpc) is 3.68. The number of benzene rings is 1. The first-order valence-corrected chi connectivity index (χ1v) is 17.4. The number of fused-ring (bicyclic) bond motifs is 7. The van der Waals surface area contributed by atoms with E-state index in [-0.39, 0.29) is 34.7 Å². The van der Waals surface area contributed by atoms with Gasteiger partial charge in [0.2, 0.25) is 0 Å². The third-order valence-electron chi connectivity index (χ3n) is 12.6. The summed E-state index contributed by atoms with van der Waals surface area (Å²) in [4.78, 5) is 18.3. The summed E-state index contributed by atoms with van der Waals surface area (Å²) in [6.45, 7) is 4.44. The highest BCUT2D eigenvalue weighted by Gasteiger charge is 2.68. The van der Waals surface area contributed by atoms with E-state index in [2.05, 4.69) is 35.8 Å². The number of rotatable bonds is 5. The van der Waals surface area contributed by atoms with Gasteiger partial charge < -0.3 is 14.6 Å². The largest absolute Gasteiger partial charge is 0.431 e. The van der Waals surface area contributed by atoms with E-state index in [4.69, 9.17) is 9.52 Å². The first kappa shape index (κ1) is 28.1. The van der Waals surface area contributed by atoms with Crippen LogP contribution in [0.4, 0.5) is 0 Å². The fourth-order valence-electron chi connectivity index (χ4n) is 10.4. The van der Waals surface area contributed by atoms with Gasteiger partial charge in [0.25, 0.3) is 5.22 Å². The smallest absolute Gasteiger partial charge is 0.257 e. The van der Waals surface area contributed by atoms with Gasteiger partial charge in [0, 0.05) is 5.41 Å². The number of allylic oxidation sites excluding steroid dienone is 1. The number of Topliss-reactive ketones (excluding diaryl/α,β-unsaturated/α-hetero) is 1. The van der Waals surface area contributed by atoms with Gasteiger partial charge in [0.15, 0.2) is 11.4 Å². The van der Waals surface area contributed by atoms with Gasteiger partial charge in [0.05, 0.1) is 29.8 Å². The Hall–Kier alpha value is -2.42. The molecule has 8 heteroatoms. The second kappa shape index (κ2) is 10.0. The second-order valence-corrected chi connectivity index (χ2v) is 15.6. The molecule has 7 nitrogen and oxygen atoms in total. The zero-order chi connectivity index (χ0) is 29.6. The molecule has 7 atom stereocenters. The number of para-hydroxylation sites is 2. The van der Waals surface area contributed by atoms with Crippen molar-refractivity contribution in [2.75, 3.05) is 5.75 Å². The summed E-state index contributed by atoms with van der Waals surface area (Å²) in [6, 6.07) is 8.08.